The van der Waals surface area contributed by atoms with Crippen LogP contribution in [0.1, 0.15) is 5.56 Å². The quantitative estimate of drug-likeness (QED) is 0.786. The first-order chi connectivity index (χ1) is 7.15. The van der Waals surface area contributed by atoms with Crippen LogP contribution in [0, 0.1) is 6.92 Å². The molecular weight excluding hydrogens is 188 g/mol. The summed E-state index contributed by atoms with van der Waals surface area (Å²) >= 11 is 0. The summed E-state index contributed by atoms with van der Waals surface area (Å²) in [6.07, 6.45) is 0. The van der Waals surface area contributed by atoms with Gasteiger partial charge in [-0.15, -0.1) is 0 Å². The Bertz CT molecular complexity index is 485. The van der Waals surface area contributed by atoms with E-state index >= 15 is 0 Å². The Morgan fingerprint density at radius 2 is 2.07 bits per heavy atom. The average molecular weight is 204 g/mol. The van der Waals surface area contributed by atoms with Crippen LogP contribution in [0.15, 0.2) is 12.1 Å². The molecule has 2 aromatic rings. The van der Waals surface area contributed by atoms with Gasteiger partial charge in [-0.05, 0) is 18.6 Å². The van der Waals surface area contributed by atoms with Crippen LogP contribution in [0.25, 0.3) is 10.9 Å². The minimum Gasteiger partial charge on any atom is -0.387 e. The lowest BCUT2D eigenvalue weighted by Crippen LogP contribution is -2.09. The summed E-state index contributed by atoms with van der Waals surface area (Å²) in [4.78, 5) is 2.01. The van der Waals surface area contributed by atoms with Crippen molar-refractivity contribution < 1.29 is 0 Å². The lowest BCUT2D eigenvalue weighted by Gasteiger charge is -2.12. The van der Waals surface area contributed by atoms with Crippen LogP contribution in [0.4, 0.5) is 11.5 Å². The molecule has 0 unspecified atom stereocenters. The number of rotatable bonds is 2. The monoisotopic (exact) mass is 204 g/mol. The molecule has 0 saturated carbocycles. The molecule has 0 saturated heterocycles. The number of aromatic amines is 1. The maximum absolute atomic E-state index is 4.31. The van der Waals surface area contributed by atoms with E-state index in [-0.39, 0.29) is 0 Å². The predicted molar refractivity (Wildman–Crippen MR) is 64.7 cm³/mol. The number of aryl methyl sites for hydroxylation is 1. The van der Waals surface area contributed by atoms with Crippen LogP contribution in [0.3, 0.4) is 0 Å². The SMILES string of the molecule is CNc1c(C)ccc2[nH]nc(N(C)C)c12. The van der Waals surface area contributed by atoms with Crippen molar-refractivity contribution in [3.63, 3.8) is 0 Å². The number of benzene rings is 1. The van der Waals surface area contributed by atoms with Crippen molar-refractivity contribution in [3.05, 3.63) is 17.7 Å². The van der Waals surface area contributed by atoms with E-state index in [0.717, 1.165) is 22.4 Å². The molecule has 1 aromatic carbocycles. The number of aromatic nitrogens is 2. The molecule has 2 rings (SSSR count). The Morgan fingerprint density at radius 1 is 1.33 bits per heavy atom. The van der Waals surface area contributed by atoms with Crippen LogP contribution >= 0.6 is 0 Å². The smallest absolute Gasteiger partial charge is 0.159 e. The van der Waals surface area contributed by atoms with Crippen molar-refractivity contribution in [3.8, 4) is 0 Å². The Labute approximate surface area is 89.3 Å². The fraction of sp³-hybridized carbons (Fsp3) is 0.364. The first kappa shape index (κ1) is 9.83. The first-order valence-corrected chi connectivity index (χ1v) is 4.98. The fourth-order valence-electron chi connectivity index (χ4n) is 1.85. The van der Waals surface area contributed by atoms with Crippen LogP contribution < -0.4 is 10.2 Å². The minimum absolute atomic E-state index is 0.970. The van der Waals surface area contributed by atoms with Gasteiger partial charge in [0.05, 0.1) is 16.6 Å². The van der Waals surface area contributed by atoms with Crippen molar-refractivity contribution in [2.24, 2.45) is 0 Å². The van der Waals surface area contributed by atoms with Crippen LogP contribution in [-0.4, -0.2) is 31.3 Å². The van der Waals surface area contributed by atoms with Crippen molar-refractivity contribution in [1.82, 2.24) is 10.2 Å². The second kappa shape index (κ2) is 3.46. The molecular formula is C11H16N4. The van der Waals surface area contributed by atoms with Crippen molar-refractivity contribution in [1.29, 1.82) is 0 Å². The third-order valence-electron chi connectivity index (χ3n) is 2.59. The largest absolute Gasteiger partial charge is 0.387 e. The van der Waals surface area contributed by atoms with E-state index in [4.69, 9.17) is 0 Å². The van der Waals surface area contributed by atoms with Gasteiger partial charge in [-0.2, -0.15) is 5.10 Å². The van der Waals surface area contributed by atoms with E-state index < -0.39 is 0 Å². The van der Waals surface area contributed by atoms with Gasteiger partial charge in [-0.1, -0.05) is 6.07 Å². The van der Waals surface area contributed by atoms with Gasteiger partial charge in [0.2, 0.25) is 0 Å². The van der Waals surface area contributed by atoms with E-state index in [1.54, 1.807) is 0 Å². The maximum Gasteiger partial charge on any atom is 0.159 e. The molecule has 4 nitrogen and oxygen atoms in total. The normalized spacial score (nSPS) is 10.7. The van der Waals surface area contributed by atoms with Crippen LogP contribution in [-0.2, 0) is 0 Å². The van der Waals surface area contributed by atoms with E-state index in [1.165, 1.54) is 5.56 Å². The zero-order chi connectivity index (χ0) is 11.0. The molecule has 0 spiro atoms. The van der Waals surface area contributed by atoms with Crippen molar-refractivity contribution >= 4 is 22.4 Å². The van der Waals surface area contributed by atoms with Crippen molar-refractivity contribution in [2.75, 3.05) is 31.4 Å². The Morgan fingerprint density at radius 3 is 2.67 bits per heavy atom. The summed E-state index contributed by atoms with van der Waals surface area (Å²) in [5, 5.41) is 11.7. The first-order valence-electron chi connectivity index (χ1n) is 4.98. The van der Waals surface area contributed by atoms with E-state index in [0.29, 0.717) is 0 Å². The standard InChI is InChI=1S/C11H16N4/c1-7-5-6-8-9(10(7)12-2)11(14-13-8)15(3)4/h5-6,12H,1-4H3,(H,13,14). The Balaban J connectivity index is 2.80. The van der Waals surface area contributed by atoms with Crippen LogP contribution in [0.5, 0.6) is 0 Å². The molecule has 80 valence electrons. The number of hydrogen-bond acceptors (Lipinski definition) is 3. The fourth-order valence-corrected chi connectivity index (χ4v) is 1.85. The molecule has 0 amide bonds. The lowest BCUT2D eigenvalue weighted by molar-refractivity contribution is 1.02. The van der Waals surface area contributed by atoms with Gasteiger partial charge in [0.15, 0.2) is 5.82 Å². The molecule has 0 radical (unpaired) electrons. The predicted octanol–water partition coefficient (Wildman–Crippen LogP) is 1.98. The molecule has 0 aliphatic rings. The second-order valence-corrected chi connectivity index (χ2v) is 3.87. The molecule has 0 fully saturated rings. The number of nitrogens with one attached hydrogen (secondary N) is 2. The number of fused-ring (bicyclic) bond motifs is 1. The third kappa shape index (κ3) is 1.42. The molecule has 4 heteroatoms. The molecule has 0 aliphatic heterocycles. The van der Waals surface area contributed by atoms with Gasteiger partial charge >= 0.3 is 0 Å². The number of hydrogen-bond donors (Lipinski definition) is 2. The third-order valence-corrected chi connectivity index (χ3v) is 2.59. The number of H-pyrrole nitrogens is 1. The highest BCUT2D eigenvalue weighted by molar-refractivity contribution is 6.01. The Hall–Kier alpha value is -1.71. The second-order valence-electron chi connectivity index (χ2n) is 3.87. The lowest BCUT2D eigenvalue weighted by atomic mass is 10.1. The molecule has 15 heavy (non-hydrogen) atoms. The van der Waals surface area contributed by atoms with Gasteiger partial charge in [0, 0.05) is 21.1 Å². The summed E-state index contributed by atoms with van der Waals surface area (Å²) in [5.74, 6) is 0.970. The van der Waals surface area contributed by atoms with Gasteiger partial charge < -0.3 is 10.2 Å². The maximum atomic E-state index is 4.31. The molecule has 0 bridgehead atoms. The number of nitrogens with zero attached hydrogens (tertiary/aromatic N) is 2. The molecule has 0 aliphatic carbocycles. The van der Waals surface area contributed by atoms with Crippen molar-refractivity contribution in [2.45, 2.75) is 6.92 Å². The van der Waals surface area contributed by atoms with Crippen LogP contribution in [0.2, 0.25) is 0 Å². The summed E-state index contributed by atoms with van der Waals surface area (Å²) < 4.78 is 0. The molecule has 1 heterocycles. The minimum atomic E-state index is 0.970. The van der Waals surface area contributed by atoms with E-state index in [9.17, 15) is 0 Å². The molecule has 1 aromatic heterocycles. The van der Waals surface area contributed by atoms with E-state index in [1.807, 2.05) is 26.0 Å². The average Bonchev–Trinajstić information content (AvgIpc) is 2.61. The summed E-state index contributed by atoms with van der Waals surface area (Å²) in [5.41, 5.74) is 3.44. The Kier molecular flexibility index (Phi) is 2.26. The molecule has 0 atom stereocenters. The van der Waals surface area contributed by atoms with Gasteiger partial charge in [-0.3, -0.25) is 5.10 Å². The van der Waals surface area contributed by atoms with E-state index in [2.05, 4.69) is 34.6 Å². The summed E-state index contributed by atoms with van der Waals surface area (Å²) in [7, 11) is 5.93. The summed E-state index contributed by atoms with van der Waals surface area (Å²) in [6, 6.07) is 4.15. The molecule has 2 N–H and O–H groups in total. The van der Waals surface area contributed by atoms with Gasteiger partial charge in [-0.25, -0.2) is 0 Å². The zero-order valence-electron chi connectivity index (χ0n) is 9.55. The topological polar surface area (TPSA) is 44.0 Å². The van der Waals surface area contributed by atoms with Gasteiger partial charge in [0.25, 0.3) is 0 Å². The number of anilines is 2. The highest BCUT2D eigenvalue weighted by Gasteiger charge is 2.12. The van der Waals surface area contributed by atoms with Gasteiger partial charge in [0.1, 0.15) is 0 Å². The highest BCUT2D eigenvalue weighted by Crippen LogP contribution is 2.32. The zero-order valence-corrected chi connectivity index (χ0v) is 9.55. The summed E-state index contributed by atoms with van der Waals surface area (Å²) in [6.45, 7) is 2.09. The highest BCUT2D eigenvalue weighted by atomic mass is 15.2.